The Balaban J connectivity index is 1.66. The average molecular weight is 547 g/mol. The normalized spacial score (nSPS) is 31.4. The van der Waals surface area contributed by atoms with Crippen molar-refractivity contribution in [3.63, 3.8) is 0 Å². The van der Waals surface area contributed by atoms with Crippen molar-refractivity contribution in [2.24, 2.45) is 22.7 Å². The van der Waals surface area contributed by atoms with Crippen LogP contribution in [0.5, 0.6) is 5.75 Å². The Kier molecular flexibility index (Phi) is 6.53. The number of aryl methyl sites for hydroxylation is 1. The number of allylic oxidation sites excluding steroid dienone is 6. The van der Waals surface area contributed by atoms with Crippen molar-refractivity contribution < 1.29 is 34.8 Å². The number of aromatic hydroxyl groups is 1. The zero-order valence-electron chi connectivity index (χ0n) is 23.8. The Hall–Kier alpha value is -3.45. The van der Waals surface area contributed by atoms with Crippen LogP contribution >= 0.6 is 0 Å². The largest absolute Gasteiger partial charge is 0.511 e. The minimum absolute atomic E-state index is 0.0827. The first kappa shape index (κ1) is 28.1. The van der Waals surface area contributed by atoms with Gasteiger partial charge in [0.25, 0.3) is 0 Å². The Bertz CT molecular complexity index is 1470. The van der Waals surface area contributed by atoms with E-state index in [4.69, 9.17) is 0 Å². The number of hydrogen-bond acceptors (Lipinski definition) is 7. The van der Waals surface area contributed by atoms with E-state index >= 15 is 0 Å². The second-order valence-electron chi connectivity index (χ2n) is 12.9. The summed E-state index contributed by atoms with van der Waals surface area (Å²) in [5, 5.41) is 45.9. The molecule has 7 heteroatoms. The third kappa shape index (κ3) is 3.70. The summed E-state index contributed by atoms with van der Waals surface area (Å²) >= 11 is 0. The van der Waals surface area contributed by atoms with E-state index < -0.39 is 51.0 Å². The Morgan fingerprint density at radius 3 is 2.40 bits per heavy atom. The fourth-order valence-corrected chi connectivity index (χ4v) is 8.21. The van der Waals surface area contributed by atoms with Gasteiger partial charge in [-0.15, -0.1) is 0 Å². The molecule has 0 spiro atoms. The van der Waals surface area contributed by atoms with Crippen LogP contribution in [-0.4, -0.2) is 43.4 Å². The molecule has 0 bridgehead atoms. The number of phenols is 1. The van der Waals surface area contributed by atoms with Crippen LogP contribution in [0.1, 0.15) is 81.8 Å². The molecule has 4 aliphatic carbocycles. The highest BCUT2D eigenvalue weighted by Crippen LogP contribution is 2.65. The quantitative estimate of drug-likeness (QED) is 0.344. The van der Waals surface area contributed by atoms with Gasteiger partial charge in [0.15, 0.2) is 17.2 Å². The molecular weight excluding hydrogens is 508 g/mol. The maximum Gasteiger partial charge on any atom is 0.209 e. The third-order valence-electron chi connectivity index (χ3n) is 9.78. The van der Waals surface area contributed by atoms with Crippen LogP contribution in [0.4, 0.5) is 0 Å². The molecule has 0 saturated carbocycles. The van der Waals surface area contributed by atoms with Crippen LogP contribution < -0.4 is 0 Å². The zero-order valence-corrected chi connectivity index (χ0v) is 23.8. The summed E-state index contributed by atoms with van der Waals surface area (Å²) in [6.07, 6.45) is 10.1. The SMILES string of the molecule is CC(=O)C1=C(O)C(C(C)C)[C@@]2(C)C[C@@]3(C)Cc4c(CCCC5=CC=CC5)ccc(O)c4C(=O)C3=C(O)[C@@]2(O)C1=O. The van der Waals surface area contributed by atoms with Gasteiger partial charge < -0.3 is 20.4 Å². The van der Waals surface area contributed by atoms with E-state index in [-0.39, 0.29) is 35.0 Å². The van der Waals surface area contributed by atoms with Crippen LogP contribution in [-0.2, 0) is 22.4 Å². The molecule has 0 heterocycles. The monoisotopic (exact) mass is 546 g/mol. The van der Waals surface area contributed by atoms with Crippen LogP contribution in [0.25, 0.3) is 0 Å². The van der Waals surface area contributed by atoms with E-state index in [0.717, 1.165) is 31.7 Å². The topological polar surface area (TPSA) is 132 Å². The molecule has 0 amide bonds. The highest BCUT2D eigenvalue weighted by molar-refractivity contribution is 6.25. The highest BCUT2D eigenvalue weighted by Gasteiger charge is 2.71. The fraction of sp³-hybridized carbons (Fsp3) is 0.485. The molecule has 0 aliphatic heterocycles. The maximum atomic E-state index is 14.1. The Labute approximate surface area is 234 Å². The van der Waals surface area contributed by atoms with Gasteiger partial charge in [0.1, 0.15) is 22.8 Å². The zero-order chi connectivity index (χ0) is 29.4. The molecule has 1 aromatic carbocycles. The van der Waals surface area contributed by atoms with E-state index in [1.807, 2.05) is 26.8 Å². The second-order valence-corrected chi connectivity index (χ2v) is 12.9. The van der Waals surface area contributed by atoms with Gasteiger partial charge in [0.05, 0.1) is 5.56 Å². The van der Waals surface area contributed by atoms with E-state index in [2.05, 4.69) is 18.2 Å². The number of rotatable bonds is 6. The molecule has 40 heavy (non-hydrogen) atoms. The van der Waals surface area contributed by atoms with Gasteiger partial charge in [-0.2, -0.15) is 0 Å². The third-order valence-corrected chi connectivity index (χ3v) is 9.78. The molecular formula is C33H38O7. The number of phenolic OH excluding ortho intramolecular Hbond substituents is 1. The van der Waals surface area contributed by atoms with Gasteiger partial charge in [0, 0.05) is 22.3 Å². The summed E-state index contributed by atoms with van der Waals surface area (Å²) in [7, 11) is 0. The summed E-state index contributed by atoms with van der Waals surface area (Å²) in [6, 6.07) is 3.33. The number of carbonyl (C=O) groups excluding carboxylic acids is 3. The molecule has 5 rings (SSSR count). The van der Waals surface area contributed by atoms with Crippen molar-refractivity contribution in [1.29, 1.82) is 0 Å². The van der Waals surface area contributed by atoms with E-state index in [0.29, 0.717) is 18.4 Å². The summed E-state index contributed by atoms with van der Waals surface area (Å²) in [6.45, 7) is 8.26. The molecule has 0 saturated heterocycles. The number of ketones is 3. The lowest BCUT2D eigenvalue weighted by molar-refractivity contribution is -0.171. The number of aliphatic hydroxyl groups is 3. The smallest absolute Gasteiger partial charge is 0.209 e. The summed E-state index contributed by atoms with van der Waals surface area (Å²) < 4.78 is 0. The van der Waals surface area contributed by atoms with Gasteiger partial charge in [-0.05, 0) is 68.6 Å². The molecule has 0 radical (unpaired) electrons. The first-order chi connectivity index (χ1) is 18.7. The van der Waals surface area contributed by atoms with Crippen LogP contribution in [0.3, 0.4) is 0 Å². The van der Waals surface area contributed by atoms with Crippen LogP contribution in [0.15, 0.2) is 58.6 Å². The van der Waals surface area contributed by atoms with Gasteiger partial charge in [-0.3, -0.25) is 14.4 Å². The fourth-order valence-electron chi connectivity index (χ4n) is 8.21. The van der Waals surface area contributed by atoms with Gasteiger partial charge in [0.2, 0.25) is 5.78 Å². The van der Waals surface area contributed by atoms with Gasteiger partial charge >= 0.3 is 0 Å². The number of benzene rings is 1. The number of carbonyl (C=O) groups is 3. The lowest BCUT2D eigenvalue weighted by Crippen LogP contribution is -2.67. The second kappa shape index (κ2) is 9.30. The average Bonchev–Trinajstić information content (AvgIpc) is 3.36. The predicted molar refractivity (Wildman–Crippen MR) is 150 cm³/mol. The molecule has 1 aromatic rings. The number of hydrogen-bond donors (Lipinski definition) is 4. The standard InChI is InChI=1S/C33H38O7/c1-17(2)25-27(36)23(18(3)34)29(38)33(40)30(39)26-28(37)24-21(15-31(26,4)16-32(25,33)5)20(13-14-22(24)35)12-8-11-19-9-6-7-10-19/h6-7,9,13-14,17,25,35-36,39-40H,8,10-12,15-16H2,1-5H3/t25?,31-,32-,33+/m1/s1. The van der Waals surface area contributed by atoms with Crippen molar-refractivity contribution in [2.45, 2.75) is 78.7 Å². The van der Waals surface area contributed by atoms with Crippen LogP contribution in [0.2, 0.25) is 0 Å². The van der Waals surface area contributed by atoms with Crippen LogP contribution in [0, 0.1) is 22.7 Å². The lowest BCUT2D eigenvalue weighted by Gasteiger charge is -2.59. The summed E-state index contributed by atoms with van der Waals surface area (Å²) in [5.74, 6) is -4.96. The number of fused-ring (bicyclic) bond motifs is 3. The molecule has 1 unspecified atom stereocenters. The van der Waals surface area contributed by atoms with Gasteiger partial charge in [-0.25, -0.2) is 0 Å². The van der Waals surface area contributed by atoms with E-state index in [1.54, 1.807) is 6.92 Å². The summed E-state index contributed by atoms with van der Waals surface area (Å²) in [5.41, 5.74) is -2.58. The highest BCUT2D eigenvalue weighted by atomic mass is 16.3. The maximum absolute atomic E-state index is 14.1. The number of aliphatic hydroxyl groups excluding tert-OH is 2. The Morgan fingerprint density at radius 2 is 1.80 bits per heavy atom. The van der Waals surface area contributed by atoms with Crippen molar-refractivity contribution in [2.75, 3.05) is 0 Å². The van der Waals surface area contributed by atoms with Crippen molar-refractivity contribution in [3.05, 3.63) is 75.3 Å². The van der Waals surface area contributed by atoms with Gasteiger partial charge in [-0.1, -0.05) is 57.6 Å². The molecule has 212 valence electrons. The minimum Gasteiger partial charge on any atom is -0.511 e. The molecule has 4 aliphatic rings. The molecule has 4 N–H and O–H groups in total. The molecule has 0 aromatic heterocycles. The predicted octanol–water partition coefficient (Wildman–Crippen LogP) is 5.56. The number of Topliss-reactive ketones (excluding diaryl/α,β-unsaturated/α-hetero) is 3. The van der Waals surface area contributed by atoms with Crippen molar-refractivity contribution in [1.82, 2.24) is 0 Å². The van der Waals surface area contributed by atoms with E-state index in [9.17, 15) is 34.8 Å². The first-order valence-corrected chi connectivity index (χ1v) is 14.1. The molecule has 0 fully saturated rings. The van der Waals surface area contributed by atoms with Crippen molar-refractivity contribution >= 4 is 17.3 Å². The Morgan fingerprint density at radius 1 is 1.10 bits per heavy atom. The molecule has 7 nitrogen and oxygen atoms in total. The minimum atomic E-state index is -2.59. The molecule has 4 atom stereocenters. The summed E-state index contributed by atoms with van der Waals surface area (Å²) in [4.78, 5) is 40.3. The van der Waals surface area contributed by atoms with E-state index in [1.165, 1.54) is 11.6 Å². The lowest BCUT2D eigenvalue weighted by atomic mass is 9.44. The van der Waals surface area contributed by atoms with Crippen molar-refractivity contribution in [3.8, 4) is 5.75 Å². The first-order valence-electron chi connectivity index (χ1n) is 14.1.